The maximum absolute atomic E-state index is 13.4. The van der Waals surface area contributed by atoms with Gasteiger partial charge in [0.05, 0.1) is 22.8 Å². The predicted molar refractivity (Wildman–Crippen MR) is 112 cm³/mol. The van der Waals surface area contributed by atoms with Crippen molar-refractivity contribution in [2.45, 2.75) is 18.4 Å². The number of carbonyl (C=O) groups is 1. The lowest BCUT2D eigenvalue weighted by atomic mass is 10.1. The van der Waals surface area contributed by atoms with Crippen molar-refractivity contribution in [3.63, 3.8) is 0 Å². The Labute approximate surface area is 173 Å². The minimum Gasteiger partial charge on any atom is -0.287 e. The van der Waals surface area contributed by atoms with E-state index in [2.05, 4.69) is 0 Å². The first-order valence-corrected chi connectivity index (χ1v) is 10.5. The minimum absolute atomic E-state index is 0.00407. The van der Waals surface area contributed by atoms with Crippen LogP contribution >= 0.6 is 0 Å². The Morgan fingerprint density at radius 3 is 2.37 bits per heavy atom. The Kier molecular flexibility index (Phi) is 4.75. The van der Waals surface area contributed by atoms with Crippen molar-refractivity contribution in [3.05, 3.63) is 94.0 Å². The number of benzene rings is 3. The van der Waals surface area contributed by atoms with Gasteiger partial charge in [-0.3, -0.25) is 15.0 Å². The van der Waals surface area contributed by atoms with Gasteiger partial charge in [0, 0.05) is 12.1 Å². The molecule has 1 aliphatic rings. The van der Waals surface area contributed by atoms with Gasteiger partial charge in [0.15, 0.2) is 0 Å². The Balaban J connectivity index is 1.84. The number of fused-ring (bicyclic) bond motifs is 1. The van der Waals surface area contributed by atoms with Crippen molar-refractivity contribution < 1.29 is 18.1 Å². The van der Waals surface area contributed by atoms with Gasteiger partial charge in [-0.1, -0.05) is 42.0 Å². The van der Waals surface area contributed by atoms with E-state index in [-0.39, 0.29) is 28.5 Å². The molecule has 1 aliphatic heterocycles. The van der Waals surface area contributed by atoms with E-state index < -0.39 is 21.0 Å². The van der Waals surface area contributed by atoms with Crippen molar-refractivity contribution in [2.75, 3.05) is 9.21 Å². The van der Waals surface area contributed by atoms with Gasteiger partial charge in [-0.05, 0) is 36.8 Å². The summed E-state index contributed by atoms with van der Waals surface area (Å²) in [6.07, 6.45) is 0. The number of nitro benzene ring substituents is 1. The number of carbonyl (C=O) groups excluding carboxylic acids is 1. The first-order valence-electron chi connectivity index (χ1n) is 9.05. The lowest BCUT2D eigenvalue weighted by Gasteiger charge is -2.36. The van der Waals surface area contributed by atoms with Crippen molar-refractivity contribution >= 4 is 33.1 Å². The maximum Gasteiger partial charge on any atom is 0.343 e. The van der Waals surface area contributed by atoms with Crippen LogP contribution in [0.15, 0.2) is 77.7 Å². The number of sulfonamides is 1. The maximum atomic E-state index is 13.4. The van der Waals surface area contributed by atoms with E-state index in [0.717, 1.165) is 9.87 Å². The number of aryl methyl sites for hydroxylation is 1. The molecule has 0 unspecified atom stereocenters. The smallest absolute Gasteiger partial charge is 0.287 e. The predicted octanol–water partition coefficient (Wildman–Crippen LogP) is 4.24. The van der Waals surface area contributed by atoms with Crippen LogP contribution in [0.1, 0.15) is 11.1 Å². The Morgan fingerprint density at radius 1 is 0.967 bits per heavy atom. The fraction of sp³-hybridized carbons (Fsp3) is 0.0952. The fourth-order valence-corrected chi connectivity index (χ4v) is 4.94. The van der Waals surface area contributed by atoms with Gasteiger partial charge < -0.3 is 0 Å². The van der Waals surface area contributed by atoms with E-state index in [1.807, 2.05) is 6.92 Å². The Bertz CT molecular complexity index is 1260. The molecule has 4 rings (SSSR count). The van der Waals surface area contributed by atoms with E-state index >= 15 is 0 Å². The third kappa shape index (κ3) is 3.29. The van der Waals surface area contributed by atoms with E-state index in [1.165, 1.54) is 29.2 Å². The second kappa shape index (κ2) is 7.27. The summed E-state index contributed by atoms with van der Waals surface area (Å²) in [4.78, 5) is 25.2. The summed E-state index contributed by atoms with van der Waals surface area (Å²) < 4.78 is 27.2. The highest BCUT2D eigenvalue weighted by molar-refractivity contribution is 7.94. The molecule has 1 heterocycles. The van der Waals surface area contributed by atoms with Crippen molar-refractivity contribution in [3.8, 4) is 0 Å². The van der Waals surface area contributed by atoms with Crippen LogP contribution in [-0.2, 0) is 16.6 Å². The quantitative estimate of drug-likeness (QED) is 0.461. The van der Waals surface area contributed by atoms with E-state index in [4.69, 9.17) is 0 Å². The normalized spacial score (nSPS) is 15.0. The third-order valence-corrected chi connectivity index (χ3v) is 6.56. The molecule has 3 aromatic rings. The molecule has 0 atom stereocenters. The minimum atomic E-state index is -4.11. The Hall–Kier alpha value is -3.72. The molecular weight excluding hydrogens is 406 g/mol. The number of hydrogen-bond donors (Lipinski definition) is 0. The number of amides is 2. The molecule has 0 saturated heterocycles. The molecule has 0 spiro atoms. The number of urea groups is 1. The van der Waals surface area contributed by atoms with Crippen molar-refractivity contribution in [1.82, 2.24) is 0 Å². The molecule has 0 aliphatic carbocycles. The van der Waals surface area contributed by atoms with Gasteiger partial charge in [0.1, 0.15) is 4.90 Å². The number of anilines is 2. The van der Waals surface area contributed by atoms with E-state index in [0.29, 0.717) is 5.56 Å². The summed E-state index contributed by atoms with van der Waals surface area (Å²) in [7, 11) is -4.11. The largest absolute Gasteiger partial charge is 0.343 e. The highest BCUT2D eigenvalue weighted by atomic mass is 32.2. The number of para-hydroxylation sites is 1. The molecule has 3 aromatic carbocycles. The van der Waals surface area contributed by atoms with E-state index in [9.17, 15) is 23.3 Å². The molecular formula is C21H17N3O5S. The molecule has 0 saturated carbocycles. The fourth-order valence-electron chi connectivity index (χ4n) is 3.35. The zero-order chi connectivity index (χ0) is 21.5. The molecule has 0 radical (unpaired) electrons. The summed E-state index contributed by atoms with van der Waals surface area (Å²) in [6, 6.07) is 18.0. The number of hydrogen-bond acceptors (Lipinski definition) is 5. The summed E-state index contributed by atoms with van der Waals surface area (Å²) in [6.45, 7) is 1.84. The monoisotopic (exact) mass is 423 g/mol. The average Bonchev–Trinajstić information content (AvgIpc) is 2.73. The summed E-state index contributed by atoms with van der Waals surface area (Å²) in [5.74, 6) is 0. The number of nitrogens with zero attached hydrogens (tertiary/aromatic N) is 3. The Morgan fingerprint density at radius 2 is 1.67 bits per heavy atom. The molecule has 8 nitrogen and oxygen atoms in total. The van der Waals surface area contributed by atoms with Crippen molar-refractivity contribution in [2.24, 2.45) is 0 Å². The number of nitro groups is 1. The topological polar surface area (TPSA) is 101 Å². The second-order valence-corrected chi connectivity index (χ2v) is 8.62. The molecule has 30 heavy (non-hydrogen) atoms. The van der Waals surface area contributed by atoms with Crippen LogP contribution < -0.4 is 9.21 Å². The van der Waals surface area contributed by atoms with Crippen molar-refractivity contribution in [1.29, 1.82) is 0 Å². The summed E-state index contributed by atoms with van der Waals surface area (Å²) in [5, 5.41) is 11.1. The van der Waals surface area contributed by atoms with Gasteiger partial charge in [0.25, 0.3) is 15.7 Å². The number of non-ortho nitro benzene ring substituents is 1. The molecule has 0 fully saturated rings. The SMILES string of the molecule is Cc1ccc(N2C(=O)N(Cc3cccc([N+](=O)[O-])c3)c3ccccc3S2(=O)=O)cc1. The molecule has 2 amide bonds. The van der Waals surface area contributed by atoms with Crippen LogP contribution in [0, 0.1) is 17.0 Å². The van der Waals surface area contributed by atoms with Crippen LogP contribution in [0.5, 0.6) is 0 Å². The van der Waals surface area contributed by atoms with Crippen LogP contribution in [-0.4, -0.2) is 19.4 Å². The second-order valence-electron chi connectivity index (χ2n) is 6.87. The van der Waals surface area contributed by atoms with Crippen LogP contribution in [0.3, 0.4) is 0 Å². The molecule has 9 heteroatoms. The summed E-state index contributed by atoms with van der Waals surface area (Å²) >= 11 is 0. The molecule has 0 aromatic heterocycles. The standard InChI is InChI=1S/C21H17N3O5S/c1-15-9-11-17(12-10-15)23-21(25)22(14-16-5-4-6-18(13-16)24(26)27)19-7-2-3-8-20(19)30(23,28)29/h2-13H,14H2,1H3. The van der Waals surface area contributed by atoms with Gasteiger partial charge >= 0.3 is 6.03 Å². The van der Waals surface area contributed by atoms with Crippen LogP contribution in [0.2, 0.25) is 0 Å². The van der Waals surface area contributed by atoms with Gasteiger partial charge in [-0.15, -0.1) is 0 Å². The summed E-state index contributed by atoms with van der Waals surface area (Å²) in [5.41, 5.74) is 1.79. The zero-order valence-electron chi connectivity index (χ0n) is 15.9. The highest BCUT2D eigenvalue weighted by Gasteiger charge is 2.42. The van der Waals surface area contributed by atoms with Gasteiger partial charge in [0.2, 0.25) is 0 Å². The molecule has 152 valence electrons. The molecule has 0 N–H and O–H groups in total. The zero-order valence-corrected chi connectivity index (χ0v) is 16.7. The average molecular weight is 423 g/mol. The first kappa shape index (κ1) is 19.6. The number of rotatable bonds is 4. The van der Waals surface area contributed by atoms with Gasteiger partial charge in [-0.2, -0.15) is 4.31 Å². The first-order chi connectivity index (χ1) is 14.3. The van der Waals surface area contributed by atoms with Gasteiger partial charge in [-0.25, -0.2) is 13.2 Å². The van der Waals surface area contributed by atoms with Crippen LogP contribution in [0.25, 0.3) is 0 Å². The molecule has 0 bridgehead atoms. The third-order valence-electron chi connectivity index (χ3n) is 4.81. The lowest BCUT2D eigenvalue weighted by Crippen LogP contribution is -2.50. The van der Waals surface area contributed by atoms with E-state index in [1.54, 1.807) is 48.5 Å². The highest BCUT2D eigenvalue weighted by Crippen LogP contribution is 2.38. The lowest BCUT2D eigenvalue weighted by molar-refractivity contribution is -0.384. The van der Waals surface area contributed by atoms with Crippen LogP contribution in [0.4, 0.5) is 21.9 Å².